The van der Waals surface area contributed by atoms with Gasteiger partial charge >= 0.3 is 0 Å². The van der Waals surface area contributed by atoms with Gasteiger partial charge in [-0.25, -0.2) is 4.98 Å². The van der Waals surface area contributed by atoms with E-state index in [9.17, 15) is 4.79 Å². The second kappa shape index (κ2) is 9.23. The van der Waals surface area contributed by atoms with Crippen molar-refractivity contribution in [1.29, 1.82) is 0 Å². The van der Waals surface area contributed by atoms with Gasteiger partial charge in [0.05, 0.1) is 0 Å². The molecule has 1 aromatic carbocycles. The summed E-state index contributed by atoms with van der Waals surface area (Å²) in [7, 11) is 1.98. The second-order valence-electron chi connectivity index (χ2n) is 5.26. The van der Waals surface area contributed by atoms with E-state index in [0.29, 0.717) is 11.7 Å². The van der Waals surface area contributed by atoms with Gasteiger partial charge in [0.15, 0.2) is 0 Å². The summed E-state index contributed by atoms with van der Waals surface area (Å²) in [6.45, 7) is 1.62. The lowest BCUT2D eigenvalue weighted by Crippen LogP contribution is -2.44. The number of likely N-dealkylation sites (tertiary alicyclic amines) is 1. The Labute approximate surface area is 153 Å². The molecule has 2 heterocycles. The first-order valence-electron chi connectivity index (χ1n) is 7.25. The average Bonchev–Trinajstić information content (AvgIpc) is 3.05. The highest BCUT2D eigenvalue weighted by Crippen LogP contribution is 2.24. The van der Waals surface area contributed by atoms with Crippen molar-refractivity contribution in [2.24, 2.45) is 0 Å². The van der Waals surface area contributed by atoms with Gasteiger partial charge in [-0.05, 0) is 19.9 Å². The van der Waals surface area contributed by atoms with Gasteiger partial charge in [-0.15, -0.1) is 36.2 Å². The van der Waals surface area contributed by atoms with Crippen LogP contribution < -0.4 is 5.32 Å². The summed E-state index contributed by atoms with van der Waals surface area (Å²) in [5.74, 6) is 0.0583. The van der Waals surface area contributed by atoms with Crippen molar-refractivity contribution >= 4 is 42.1 Å². The lowest BCUT2D eigenvalue weighted by molar-refractivity contribution is 0.0702. The molecular weight excluding hydrogens is 353 g/mol. The largest absolute Gasteiger partial charge is 0.337 e. The quantitative estimate of drug-likeness (QED) is 0.895. The Morgan fingerprint density at radius 3 is 2.48 bits per heavy atom. The third-order valence-electron chi connectivity index (χ3n) is 3.93. The molecular formula is C16H21Cl2N3OS. The summed E-state index contributed by atoms with van der Waals surface area (Å²) in [5.41, 5.74) is 1.64. The first-order chi connectivity index (χ1) is 10.3. The third kappa shape index (κ3) is 4.67. The molecule has 23 heavy (non-hydrogen) atoms. The van der Waals surface area contributed by atoms with Gasteiger partial charge < -0.3 is 10.2 Å². The van der Waals surface area contributed by atoms with Crippen LogP contribution in [0.15, 0.2) is 35.7 Å². The zero-order valence-electron chi connectivity index (χ0n) is 12.9. The molecule has 3 rings (SSSR count). The van der Waals surface area contributed by atoms with Crippen molar-refractivity contribution in [3.8, 4) is 10.6 Å². The standard InChI is InChI=1S/C16H19N3OS.2ClH/c1-17-13-7-9-19(10-8-13)16(20)14-11-21-15(18-14)12-5-3-2-4-6-12;;/h2-6,11,13,17H,7-10H2,1H3;2*1H. The molecule has 0 unspecified atom stereocenters. The number of hydrogen-bond donors (Lipinski definition) is 1. The van der Waals surface area contributed by atoms with Crippen LogP contribution in [-0.2, 0) is 0 Å². The fourth-order valence-corrected chi connectivity index (χ4v) is 3.42. The lowest BCUT2D eigenvalue weighted by Gasteiger charge is -2.31. The number of carbonyl (C=O) groups is 1. The van der Waals surface area contributed by atoms with E-state index in [0.717, 1.165) is 36.5 Å². The van der Waals surface area contributed by atoms with E-state index in [-0.39, 0.29) is 30.7 Å². The number of rotatable bonds is 3. The predicted molar refractivity (Wildman–Crippen MR) is 100 cm³/mol. The molecule has 1 aliphatic heterocycles. The number of benzene rings is 1. The van der Waals surface area contributed by atoms with E-state index in [2.05, 4.69) is 10.3 Å². The molecule has 0 atom stereocenters. The van der Waals surface area contributed by atoms with Gasteiger partial charge in [0.25, 0.3) is 5.91 Å². The van der Waals surface area contributed by atoms with Crippen molar-refractivity contribution in [3.05, 3.63) is 41.4 Å². The maximum absolute atomic E-state index is 12.5. The van der Waals surface area contributed by atoms with Crippen molar-refractivity contribution in [2.45, 2.75) is 18.9 Å². The van der Waals surface area contributed by atoms with Crippen LogP contribution in [0.1, 0.15) is 23.3 Å². The summed E-state index contributed by atoms with van der Waals surface area (Å²) in [4.78, 5) is 18.9. The fourth-order valence-electron chi connectivity index (χ4n) is 2.62. The van der Waals surface area contributed by atoms with E-state index >= 15 is 0 Å². The van der Waals surface area contributed by atoms with Crippen LogP contribution in [-0.4, -0.2) is 42.0 Å². The molecule has 1 aromatic heterocycles. The number of nitrogens with one attached hydrogen (secondary N) is 1. The van der Waals surface area contributed by atoms with E-state index < -0.39 is 0 Å². The maximum Gasteiger partial charge on any atom is 0.273 e. The van der Waals surface area contributed by atoms with E-state index in [1.54, 1.807) is 0 Å². The van der Waals surface area contributed by atoms with Gasteiger partial charge in [0.1, 0.15) is 10.7 Å². The number of halogens is 2. The van der Waals surface area contributed by atoms with Crippen molar-refractivity contribution < 1.29 is 4.79 Å². The Bertz CT molecular complexity index is 613. The van der Waals surface area contributed by atoms with Crippen LogP contribution in [0, 0.1) is 0 Å². The van der Waals surface area contributed by atoms with Crippen molar-refractivity contribution in [1.82, 2.24) is 15.2 Å². The summed E-state index contributed by atoms with van der Waals surface area (Å²) < 4.78 is 0. The summed E-state index contributed by atoms with van der Waals surface area (Å²) in [5, 5.41) is 6.05. The van der Waals surface area contributed by atoms with E-state index in [4.69, 9.17) is 0 Å². The van der Waals surface area contributed by atoms with Gasteiger partial charge in [-0.3, -0.25) is 4.79 Å². The maximum atomic E-state index is 12.5. The van der Waals surface area contributed by atoms with Crippen LogP contribution in [0.4, 0.5) is 0 Å². The van der Waals surface area contributed by atoms with Crippen LogP contribution in [0.2, 0.25) is 0 Å². The van der Waals surface area contributed by atoms with Crippen molar-refractivity contribution in [2.75, 3.05) is 20.1 Å². The van der Waals surface area contributed by atoms with E-state index in [1.165, 1.54) is 11.3 Å². The Morgan fingerprint density at radius 2 is 1.87 bits per heavy atom. The summed E-state index contributed by atoms with van der Waals surface area (Å²) in [6, 6.07) is 10.5. The normalized spacial score (nSPS) is 14.7. The van der Waals surface area contributed by atoms with Crippen molar-refractivity contribution in [3.63, 3.8) is 0 Å². The molecule has 1 fully saturated rings. The molecule has 126 valence electrons. The molecule has 0 bridgehead atoms. The minimum absolute atomic E-state index is 0. The fraction of sp³-hybridized carbons (Fsp3) is 0.375. The molecule has 7 heteroatoms. The summed E-state index contributed by atoms with van der Waals surface area (Å²) in [6.07, 6.45) is 2.02. The number of aromatic nitrogens is 1. The smallest absolute Gasteiger partial charge is 0.273 e. The Morgan fingerprint density at radius 1 is 1.22 bits per heavy atom. The van der Waals surface area contributed by atoms with Crippen LogP contribution >= 0.6 is 36.2 Å². The first kappa shape index (κ1) is 19.9. The van der Waals surface area contributed by atoms with Crippen LogP contribution in [0.5, 0.6) is 0 Å². The zero-order valence-corrected chi connectivity index (χ0v) is 15.3. The highest BCUT2D eigenvalue weighted by molar-refractivity contribution is 7.13. The highest BCUT2D eigenvalue weighted by Gasteiger charge is 2.24. The van der Waals surface area contributed by atoms with Gasteiger partial charge in [0.2, 0.25) is 0 Å². The number of piperidine rings is 1. The molecule has 0 aliphatic carbocycles. The SMILES string of the molecule is CNC1CCN(C(=O)c2csc(-c3ccccc3)n2)CC1.Cl.Cl. The topological polar surface area (TPSA) is 45.2 Å². The Balaban J connectivity index is 0.00000132. The second-order valence-corrected chi connectivity index (χ2v) is 6.12. The number of hydrogen-bond acceptors (Lipinski definition) is 4. The first-order valence-corrected chi connectivity index (χ1v) is 8.13. The number of thiazole rings is 1. The lowest BCUT2D eigenvalue weighted by atomic mass is 10.1. The van der Waals surface area contributed by atoms with Gasteiger partial charge in [0, 0.05) is 30.1 Å². The number of nitrogens with zero attached hydrogens (tertiary/aromatic N) is 2. The predicted octanol–water partition coefficient (Wildman–Crippen LogP) is 3.48. The molecule has 0 radical (unpaired) electrons. The summed E-state index contributed by atoms with van der Waals surface area (Å²) >= 11 is 1.53. The zero-order chi connectivity index (χ0) is 14.7. The molecule has 0 spiro atoms. The molecule has 0 saturated carbocycles. The molecule has 1 aliphatic rings. The minimum Gasteiger partial charge on any atom is -0.337 e. The Kier molecular flexibility index (Phi) is 7.99. The van der Waals surface area contributed by atoms with Crippen LogP contribution in [0.3, 0.4) is 0 Å². The minimum atomic E-state index is 0. The Hall–Kier alpha value is -1.14. The highest BCUT2D eigenvalue weighted by atomic mass is 35.5. The molecule has 1 saturated heterocycles. The number of amides is 1. The van der Waals surface area contributed by atoms with Gasteiger partial charge in [-0.2, -0.15) is 0 Å². The molecule has 1 N–H and O–H groups in total. The van der Waals surface area contributed by atoms with Gasteiger partial charge in [-0.1, -0.05) is 30.3 Å². The third-order valence-corrected chi connectivity index (χ3v) is 4.83. The monoisotopic (exact) mass is 373 g/mol. The van der Waals surface area contributed by atoms with E-state index in [1.807, 2.05) is 47.7 Å². The average molecular weight is 374 g/mol. The van der Waals surface area contributed by atoms with Crippen LogP contribution in [0.25, 0.3) is 10.6 Å². The molecule has 1 amide bonds. The molecule has 4 nitrogen and oxygen atoms in total. The number of carbonyl (C=O) groups excluding carboxylic acids is 1. The molecule has 2 aromatic rings.